The van der Waals surface area contributed by atoms with E-state index in [-0.39, 0.29) is 30.8 Å². The maximum atomic E-state index is 13.2. The lowest BCUT2D eigenvalue weighted by Gasteiger charge is -2.27. The number of methoxy groups -OCH3 is 1. The fourth-order valence-corrected chi connectivity index (χ4v) is 3.86. The average Bonchev–Trinajstić information content (AvgIpc) is 3.26. The van der Waals surface area contributed by atoms with Gasteiger partial charge in [-0.15, -0.1) is 10.2 Å². The van der Waals surface area contributed by atoms with Gasteiger partial charge in [0.15, 0.2) is 0 Å². The second-order valence-corrected chi connectivity index (χ2v) is 8.77. The number of ether oxygens (including phenoxy) is 1. The highest BCUT2D eigenvalue weighted by atomic mass is 16.5. The summed E-state index contributed by atoms with van der Waals surface area (Å²) in [5.74, 6) is 1.17. The number of fused-ring (bicyclic) bond motifs is 1. The first-order valence-electron chi connectivity index (χ1n) is 11.5. The van der Waals surface area contributed by atoms with Crippen molar-refractivity contribution in [2.24, 2.45) is 0 Å². The summed E-state index contributed by atoms with van der Waals surface area (Å²) in [5.41, 5.74) is 1.78. The van der Waals surface area contributed by atoms with Crippen LogP contribution in [-0.2, 0) is 27.3 Å². The minimum absolute atomic E-state index is 0.0232. The molecule has 0 atom stereocenters. The number of likely N-dealkylation sites (N-methyl/N-ethyl adjacent to an activating group) is 1. The van der Waals surface area contributed by atoms with Crippen molar-refractivity contribution >= 4 is 17.5 Å². The summed E-state index contributed by atoms with van der Waals surface area (Å²) in [5, 5.41) is 8.12. The minimum Gasteiger partial charge on any atom is -0.425 e. The van der Waals surface area contributed by atoms with Crippen molar-refractivity contribution in [2.45, 2.75) is 45.6 Å². The van der Waals surface area contributed by atoms with Gasteiger partial charge in [-0.3, -0.25) is 9.59 Å². The van der Waals surface area contributed by atoms with E-state index in [4.69, 9.17) is 9.15 Å². The maximum Gasteiger partial charge on any atom is 0.252 e. The summed E-state index contributed by atoms with van der Waals surface area (Å²) in [6, 6.07) is 7.79. The summed E-state index contributed by atoms with van der Waals surface area (Å²) in [7, 11) is 3.57. The molecule has 0 bridgehead atoms. The molecule has 2 heterocycles. The summed E-state index contributed by atoms with van der Waals surface area (Å²) in [6.07, 6.45) is 1.53. The first-order valence-corrected chi connectivity index (χ1v) is 11.5. The van der Waals surface area contributed by atoms with Crippen molar-refractivity contribution in [3.8, 4) is 0 Å². The zero-order chi connectivity index (χ0) is 23.8. The van der Waals surface area contributed by atoms with E-state index >= 15 is 0 Å². The Morgan fingerprint density at radius 1 is 1.09 bits per heavy atom. The Balaban J connectivity index is 1.79. The van der Waals surface area contributed by atoms with Crippen LogP contribution < -0.4 is 4.90 Å². The first kappa shape index (κ1) is 24.9. The maximum absolute atomic E-state index is 13.2. The van der Waals surface area contributed by atoms with Gasteiger partial charge in [-0.2, -0.15) is 0 Å². The minimum atomic E-state index is -0.0814. The van der Waals surface area contributed by atoms with Crippen LogP contribution >= 0.6 is 0 Å². The van der Waals surface area contributed by atoms with Gasteiger partial charge < -0.3 is 23.9 Å². The highest BCUT2D eigenvalue weighted by Gasteiger charge is 2.23. The summed E-state index contributed by atoms with van der Waals surface area (Å²) >= 11 is 0. The van der Waals surface area contributed by atoms with Gasteiger partial charge in [0.1, 0.15) is 6.61 Å². The zero-order valence-electron chi connectivity index (χ0n) is 20.1. The number of rotatable bonds is 6. The Morgan fingerprint density at radius 3 is 2.61 bits per heavy atom. The second kappa shape index (κ2) is 11.9. The van der Waals surface area contributed by atoms with Crippen molar-refractivity contribution in [2.75, 3.05) is 51.8 Å². The fourth-order valence-electron chi connectivity index (χ4n) is 3.86. The third-order valence-electron chi connectivity index (χ3n) is 5.77. The van der Waals surface area contributed by atoms with Gasteiger partial charge in [-0.1, -0.05) is 32.0 Å². The van der Waals surface area contributed by atoms with Crippen molar-refractivity contribution in [1.82, 2.24) is 20.0 Å². The lowest BCUT2D eigenvalue weighted by Crippen LogP contribution is -2.37. The molecule has 1 aliphatic rings. The van der Waals surface area contributed by atoms with Crippen LogP contribution in [0.15, 0.2) is 28.7 Å². The third-order valence-corrected chi connectivity index (χ3v) is 5.77. The van der Waals surface area contributed by atoms with E-state index in [0.29, 0.717) is 37.8 Å². The third kappa shape index (κ3) is 6.85. The van der Waals surface area contributed by atoms with Crippen molar-refractivity contribution in [3.63, 3.8) is 0 Å². The van der Waals surface area contributed by atoms with Crippen LogP contribution in [0.1, 0.15) is 50.0 Å². The number of para-hydroxylation sites is 1. The van der Waals surface area contributed by atoms with E-state index in [9.17, 15) is 9.59 Å². The van der Waals surface area contributed by atoms with Crippen molar-refractivity contribution in [1.29, 1.82) is 0 Å². The Hall–Kier alpha value is -2.78. The highest BCUT2D eigenvalue weighted by molar-refractivity contribution is 5.95. The molecule has 0 aliphatic carbocycles. The number of aromatic nitrogens is 2. The monoisotopic (exact) mass is 457 g/mol. The Bertz CT molecular complexity index is 929. The molecule has 0 saturated carbocycles. The highest BCUT2D eigenvalue weighted by Crippen LogP contribution is 2.24. The van der Waals surface area contributed by atoms with Crippen LogP contribution in [0.5, 0.6) is 0 Å². The predicted octanol–water partition coefficient (Wildman–Crippen LogP) is 2.47. The molecule has 0 fully saturated rings. The van der Waals surface area contributed by atoms with Crippen LogP contribution in [0.4, 0.5) is 5.69 Å². The van der Waals surface area contributed by atoms with Gasteiger partial charge in [0.05, 0.1) is 0 Å². The Kier molecular flexibility index (Phi) is 8.96. The van der Waals surface area contributed by atoms with E-state index in [1.54, 1.807) is 4.90 Å². The predicted molar refractivity (Wildman–Crippen MR) is 125 cm³/mol. The van der Waals surface area contributed by atoms with Crippen molar-refractivity contribution < 1.29 is 18.7 Å². The van der Waals surface area contributed by atoms with Gasteiger partial charge in [0.2, 0.25) is 17.7 Å². The smallest absolute Gasteiger partial charge is 0.252 e. The molecule has 0 spiro atoms. The second-order valence-electron chi connectivity index (χ2n) is 8.77. The Morgan fingerprint density at radius 2 is 1.88 bits per heavy atom. The number of hydrogen-bond acceptors (Lipinski definition) is 7. The molecule has 0 radical (unpaired) electrons. The lowest BCUT2D eigenvalue weighted by atomic mass is 10.1. The molecule has 9 heteroatoms. The molecule has 0 saturated heterocycles. The molecule has 180 valence electrons. The van der Waals surface area contributed by atoms with E-state index in [1.807, 2.05) is 50.1 Å². The summed E-state index contributed by atoms with van der Waals surface area (Å²) in [4.78, 5) is 31.9. The number of amides is 2. The van der Waals surface area contributed by atoms with Crippen LogP contribution in [0, 0.1) is 0 Å². The van der Waals surface area contributed by atoms with Crippen LogP contribution in [0.3, 0.4) is 0 Å². The van der Waals surface area contributed by atoms with Crippen molar-refractivity contribution in [3.05, 3.63) is 41.6 Å². The van der Waals surface area contributed by atoms with E-state index < -0.39 is 0 Å². The van der Waals surface area contributed by atoms with Gasteiger partial charge >= 0.3 is 0 Å². The average molecular weight is 458 g/mol. The summed E-state index contributed by atoms with van der Waals surface area (Å²) < 4.78 is 10.8. The Labute approximate surface area is 195 Å². The van der Waals surface area contributed by atoms with Gasteiger partial charge in [-0.25, -0.2) is 0 Å². The number of benzene rings is 1. The number of anilines is 1. The molecule has 3 rings (SSSR count). The number of nitrogens with zero attached hydrogens (tertiary/aromatic N) is 5. The standard InChI is InChI=1S/C24H35N5O4/c1-18(2)24-26-25-21(33-24)10-11-22(30)28-15-14-27(3)12-7-13-29(23(31)17-32-4)20-9-6-5-8-19(20)16-28/h5-6,8-9,18H,7,10-17H2,1-4H3. The molecule has 0 unspecified atom stereocenters. The molecule has 1 aromatic heterocycles. The molecule has 33 heavy (non-hydrogen) atoms. The molecule has 1 aromatic carbocycles. The van der Waals surface area contributed by atoms with Gasteiger partial charge in [-0.05, 0) is 31.6 Å². The molecular formula is C24H35N5O4. The van der Waals surface area contributed by atoms with Gasteiger partial charge in [0.25, 0.3) is 5.91 Å². The number of carbonyl (C=O) groups excluding carboxylic acids is 2. The van der Waals surface area contributed by atoms with E-state index in [0.717, 1.165) is 30.8 Å². The topological polar surface area (TPSA) is 92.0 Å². The molecule has 1 aliphatic heterocycles. The molecule has 2 amide bonds. The lowest BCUT2D eigenvalue weighted by molar-refractivity contribution is -0.132. The first-order chi connectivity index (χ1) is 15.9. The quantitative estimate of drug-likeness (QED) is 0.658. The van der Waals surface area contributed by atoms with Crippen LogP contribution in [0.2, 0.25) is 0 Å². The molecular weight excluding hydrogens is 422 g/mol. The number of aryl methyl sites for hydroxylation is 1. The molecule has 9 nitrogen and oxygen atoms in total. The largest absolute Gasteiger partial charge is 0.425 e. The summed E-state index contributed by atoms with van der Waals surface area (Å²) in [6.45, 7) is 7.25. The number of hydrogen-bond donors (Lipinski definition) is 0. The van der Waals surface area contributed by atoms with E-state index in [2.05, 4.69) is 15.1 Å². The van der Waals surface area contributed by atoms with Crippen LogP contribution in [0.25, 0.3) is 0 Å². The van der Waals surface area contributed by atoms with E-state index in [1.165, 1.54) is 7.11 Å². The van der Waals surface area contributed by atoms with Crippen LogP contribution in [-0.4, -0.2) is 78.8 Å². The number of carbonyl (C=O) groups is 2. The molecule has 0 N–H and O–H groups in total. The normalized spacial score (nSPS) is 15.9. The van der Waals surface area contributed by atoms with Gasteiger partial charge in [0, 0.05) is 57.7 Å². The molecule has 2 aromatic rings. The SMILES string of the molecule is COCC(=O)N1CCCN(C)CCN(C(=O)CCc2nnc(C(C)C)o2)Cc2ccccc21. The zero-order valence-corrected chi connectivity index (χ0v) is 20.1. The fraction of sp³-hybridized carbons (Fsp3) is 0.583.